The van der Waals surface area contributed by atoms with E-state index in [1.807, 2.05) is 24.3 Å². The van der Waals surface area contributed by atoms with E-state index >= 15 is 0 Å². The molecule has 0 aliphatic carbocycles. The molecule has 1 fully saturated rings. The van der Waals surface area contributed by atoms with Crippen molar-refractivity contribution >= 4 is 21.8 Å². The second-order valence-electron chi connectivity index (χ2n) is 6.41. The van der Waals surface area contributed by atoms with Crippen LogP contribution in [0, 0.1) is 0 Å². The third-order valence-electron chi connectivity index (χ3n) is 4.62. The van der Waals surface area contributed by atoms with E-state index in [9.17, 15) is 4.79 Å². The van der Waals surface area contributed by atoms with Crippen LogP contribution in [0.15, 0.2) is 50.0 Å². The van der Waals surface area contributed by atoms with E-state index in [1.54, 1.807) is 24.1 Å². The Balaban J connectivity index is 1.32. The van der Waals surface area contributed by atoms with Crippen LogP contribution in [0.5, 0.6) is 5.75 Å². The first kappa shape index (κ1) is 18.7. The van der Waals surface area contributed by atoms with Crippen LogP contribution in [0.1, 0.15) is 16.4 Å². The van der Waals surface area contributed by atoms with Crippen molar-refractivity contribution < 1.29 is 18.5 Å². The van der Waals surface area contributed by atoms with Gasteiger partial charge in [-0.2, -0.15) is 4.98 Å². The number of carbonyl (C=O) groups excluding carboxylic acids is 1. The minimum absolute atomic E-state index is 0.0927. The summed E-state index contributed by atoms with van der Waals surface area (Å²) in [5.74, 6) is 2.14. The number of rotatable bonds is 5. The molecule has 1 saturated heterocycles. The largest absolute Gasteiger partial charge is 0.497 e. The molecule has 1 amide bonds. The second-order valence-corrected chi connectivity index (χ2v) is 7.19. The van der Waals surface area contributed by atoms with Crippen LogP contribution in [-0.2, 0) is 6.54 Å². The first-order valence-corrected chi connectivity index (χ1v) is 9.65. The summed E-state index contributed by atoms with van der Waals surface area (Å²) in [5, 5.41) is 4.06. The van der Waals surface area contributed by atoms with Gasteiger partial charge in [0.25, 0.3) is 5.91 Å². The molecule has 0 unspecified atom stereocenters. The fraction of sp³-hybridized carbons (Fsp3) is 0.316. The summed E-state index contributed by atoms with van der Waals surface area (Å²) in [6.45, 7) is 3.26. The highest BCUT2D eigenvalue weighted by molar-refractivity contribution is 9.10. The smallest absolute Gasteiger partial charge is 0.289 e. The van der Waals surface area contributed by atoms with Gasteiger partial charge in [-0.3, -0.25) is 9.69 Å². The van der Waals surface area contributed by atoms with E-state index in [-0.39, 0.29) is 5.91 Å². The lowest BCUT2D eigenvalue weighted by atomic mass is 10.2. The fourth-order valence-corrected chi connectivity index (χ4v) is 3.37. The minimum Gasteiger partial charge on any atom is -0.497 e. The van der Waals surface area contributed by atoms with Crippen molar-refractivity contribution in [2.75, 3.05) is 33.3 Å². The van der Waals surface area contributed by atoms with Crippen molar-refractivity contribution in [3.63, 3.8) is 0 Å². The average molecular weight is 447 g/mol. The maximum absolute atomic E-state index is 12.4. The Bertz CT molecular complexity index is 945. The van der Waals surface area contributed by atoms with E-state index in [4.69, 9.17) is 13.7 Å². The number of hydrogen-bond donors (Lipinski definition) is 0. The summed E-state index contributed by atoms with van der Waals surface area (Å²) in [4.78, 5) is 20.9. The standard InChI is InChI=1S/C19H19BrN4O4/c1-26-14-4-2-13(3-5-14)18-21-17(28-22-18)12-23-8-10-24(11-9-23)19(25)15-6-7-16(20)27-15/h2-7H,8-12H2,1H3. The molecule has 3 heterocycles. The summed E-state index contributed by atoms with van der Waals surface area (Å²) in [6.07, 6.45) is 0. The average Bonchev–Trinajstić information content (AvgIpc) is 3.37. The van der Waals surface area contributed by atoms with E-state index in [0.717, 1.165) is 24.4 Å². The SMILES string of the molecule is COc1ccc(-c2noc(CN3CCN(C(=O)c4ccc(Br)o4)CC3)n2)cc1. The highest BCUT2D eigenvalue weighted by Crippen LogP contribution is 2.21. The van der Waals surface area contributed by atoms with Gasteiger partial charge in [-0.05, 0) is 52.3 Å². The monoisotopic (exact) mass is 446 g/mol. The summed E-state index contributed by atoms with van der Waals surface area (Å²) >= 11 is 3.22. The molecule has 0 N–H and O–H groups in total. The Morgan fingerprint density at radius 3 is 2.54 bits per heavy atom. The van der Waals surface area contributed by atoms with Crippen LogP contribution in [-0.4, -0.2) is 59.1 Å². The number of methoxy groups -OCH3 is 1. The maximum atomic E-state index is 12.4. The summed E-state index contributed by atoms with van der Waals surface area (Å²) in [7, 11) is 1.63. The number of ether oxygens (including phenoxy) is 1. The van der Waals surface area contributed by atoms with Gasteiger partial charge in [0.1, 0.15) is 5.75 Å². The van der Waals surface area contributed by atoms with Crippen LogP contribution in [0.4, 0.5) is 0 Å². The second kappa shape index (κ2) is 8.15. The molecule has 1 aliphatic heterocycles. The van der Waals surface area contributed by atoms with Crippen molar-refractivity contribution in [3.05, 3.63) is 52.7 Å². The number of carbonyl (C=O) groups is 1. The molecule has 1 aromatic carbocycles. The normalized spacial score (nSPS) is 15.0. The van der Waals surface area contributed by atoms with E-state index < -0.39 is 0 Å². The zero-order valence-electron chi connectivity index (χ0n) is 15.3. The molecular weight excluding hydrogens is 428 g/mol. The van der Waals surface area contributed by atoms with Crippen molar-refractivity contribution in [2.24, 2.45) is 0 Å². The fourth-order valence-electron chi connectivity index (χ4n) is 3.06. The third kappa shape index (κ3) is 4.10. The van der Waals surface area contributed by atoms with Gasteiger partial charge in [0.05, 0.1) is 13.7 Å². The Kier molecular flexibility index (Phi) is 5.45. The molecule has 0 saturated carbocycles. The molecular formula is C19H19BrN4O4. The van der Waals surface area contributed by atoms with Gasteiger partial charge in [-0.25, -0.2) is 0 Å². The van der Waals surface area contributed by atoms with Gasteiger partial charge in [-0.1, -0.05) is 5.16 Å². The predicted octanol–water partition coefficient (Wildman–Crippen LogP) is 3.06. The van der Waals surface area contributed by atoms with Gasteiger partial charge in [0.2, 0.25) is 11.7 Å². The highest BCUT2D eigenvalue weighted by Gasteiger charge is 2.25. The molecule has 9 heteroatoms. The number of hydrogen-bond acceptors (Lipinski definition) is 7. The summed E-state index contributed by atoms with van der Waals surface area (Å²) in [6, 6.07) is 10.9. The van der Waals surface area contributed by atoms with Crippen molar-refractivity contribution in [2.45, 2.75) is 6.54 Å². The Labute approximate surface area is 170 Å². The highest BCUT2D eigenvalue weighted by atomic mass is 79.9. The van der Waals surface area contributed by atoms with Crippen molar-refractivity contribution in [1.29, 1.82) is 0 Å². The summed E-state index contributed by atoms with van der Waals surface area (Å²) < 4.78 is 16.5. The molecule has 8 nitrogen and oxygen atoms in total. The molecule has 28 heavy (non-hydrogen) atoms. The van der Waals surface area contributed by atoms with Crippen LogP contribution in [0.25, 0.3) is 11.4 Å². The number of benzene rings is 1. The number of amides is 1. The van der Waals surface area contributed by atoms with Crippen LogP contribution < -0.4 is 4.74 Å². The number of piperazine rings is 1. The molecule has 146 valence electrons. The lowest BCUT2D eigenvalue weighted by Crippen LogP contribution is -2.48. The predicted molar refractivity (Wildman–Crippen MR) is 104 cm³/mol. The van der Waals surface area contributed by atoms with Gasteiger partial charge in [-0.15, -0.1) is 0 Å². The van der Waals surface area contributed by atoms with Gasteiger partial charge >= 0.3 is 0 Å². The van der Waals surface area contributed by atoms with Gasteiger partial charge in [0.15, 0.2) is 10.4 Å². The quantitative estimate of drug-likeness (QED) is 0.595. The van der Waals surface area contributed by atoms with Crippen LogP contribution in [0.3, 0.4) is 0 Å². The van der Waals surface area contributed by atoms with E-state index in [2.05, 4.69) is 31.0 Å². The topological polar surface area (TPSA) is 84.8 Å². The van der Waals surface area contributed by atoms with E-state index in [1.165, 1.54) is 0 Å². The number of aromatic nitrogens is 2. The first-order chi connectivity index (χ1) is 13.6. The van der Waals surface area contributed by atoms with Crippen LogP contribution >= 0.6 is 15.9 Å². The lowest BCUT2D eigenvalue weighted by Gasteiger charge is -2.33. The Morgan fingerprint density at radius 2 is 1.89 bits per heavy atom. The maximum Gasteiger partial charge on any atom is 0.289 e. The zero-order valence-corrected chi connectivity index (χ0v) is 16.9. The van der Waals surface area contributed by atoms with Crippen molar-refractivity contribution in [1.82, 2.24) is 19.9 Å². The molecule has 3 aromatic rings. The molecule has 0 bridgehead atoms. The first-order valence-electron chi connectivity index (χ1n) is 8.86. The Hall–Kier alpha value is -2.65. The Morgan fingerprint density at radius 1 is 1.14 bits per heavy atom. The van der Waals surface area contributed by atoms with Crippen LogP contribution in [0.2, 0.25) is 0 Å². The molecule has 0 spiro atoms. The lowest BCUT2D eigenvalue weighted by molar-refractivity contribution is 0.0583. The molecule has 2 aromatic heterocycles. The molecule has 4 rings (SSSR count). The minimum atomic E-state index is -0.0927. The third-order valence-corrected chi connectivity index (χ3v) is 5.04. The summed E-state index contributed by atoms with van der Waals surface area (Å²) in [5.41, 5.74) is 0.871. The number of halogens is 1. The molecule has 0 radical (unpaired) electrons. The number of furan rings is 1. The molecule has 0 atom stereocenters. The molecule has 1 aliphatic rings. The van der Waals surface area contributed by atoms with Crippen molar-refractivity contribution in [3.8, 4) is 17.1 Å². The zero-order chi connectivity index (χ0) is 19.5. The van der Waals surface area contributed by atoms with Gasteiger partial charge < -0.3 is 18.6 Å². The number of nitrogens with zero attached hydrogens (tertiary/aromatic N) is 4. The van der Waals surface area contributed by atoms with Gasteiger partial charge in [0, 0.05) is 31.7 Å². The van der Waals surface area contributed by atoms with E-state index in [0.29, 0.717) is 41.8 Å².